The molecule has 3 nitrogen and oxygen atoms in total. The highest BCUT2D eigenvalue weighted by Gasteiger charge is 2.26. The van der Waals surface area contributed by atoms with Crippen LogP contribution in [-0.2, 0) is 7.05 Å². The molecule has 0 aliphatic carbocycles. The lowest BCUT2D eigenvalue weighted by Gasteiger charge is -2.08. The highest BCUT2D eigenvalue weighted by Crippen LogP contribution is 2.19. The molecule has 0 unspecified atom stereocenters. The summed E-state index contributed by atoms with van der Waals surface area (Å²) in [5, 5.41) is 3.14. The number of amides is 1. The van der Waals surface area contributed by atoms with Gasteiger partial charge in [-0.1, -0.05) is 0 Å². The van der Waals surface area contributed by atoms with Gasteiger partial charge in [-0.3, -0.25) is 4.79 Å². The van der Waals surface area contributed by atoms with Gasteiger partial charge in [0.15, 0.2) is 0 Å². The number of aromatic nitrogens is 1. The number of aryl methyl sites for hydroxylation is 1. The molecule has 0 radical (unpaired) electrons. The second kappa shape index (κ2) is 4.95. The van der Waals surface area contributed by atoms with Crippen molar-refractivity contribution in [2.24, 2.45) is 7.05 Å². The molecule has 0 bridgehead atoms. The van der Waals surface area contributed by atoms with Crippen molar-refractivity contribution >= 4 is 16.8 Å². The zero-order valence-electron chi connectivity index (χ0n) is 10.3. The van der Waals surface area contributed by atoms with Crippen LogP contribution in [0.3, 0.4) is 0 Å². The predicted molar refractivity (Wildman–Crippen MR) is 65.9 cm³/mol. The first kappa shape index (κ1) is 13.5. The minimum Gasteiger partial charge on any atom is -0.352 e. The van der Waals surface area contributed by atoms with E-state index in [-0.39, 0.29) is 0 Å². The Balaban J connectivity index is 2.05. The Hall–Kier alpha value is -1.98. The van der Waals surface area contributed by atoms with Crippen LogP contribution >= 0.6 is 0 Å². The zero-order valence-corrected chi connectivity index (χ0v) is 10.3. The first-order valence-corrected chi connectivity index (χ1v) is 5.77. The molecule has 1 heterocycles. The standard InChI is InChI=1S/C13H13F3N2O/c1-18-7-4-9-8-10(2-3-11(9)18)12(19)17-6-5-13(14,15)16/h2-4,7-8H,5-6H2,1H3,(H,17,19). The van der Waals surface area contributed by atoms with Gasteiger partial charge in [0.1, 0.15) is 0 Å². The number of benzene rings is 1. The molecule has 102 valence electrons. The number of halogens is 3. The lowest BCUT2D eigenvalue weighted by Crippen LogP contribution is -2.27. The van der Waals surface area contributed by atoms with Gasteiger partial charge < -0.3 is 9.88 Å². The van der Waals surface area contributed by atoms with E-state index >= 15 is 0 Å². The summed E-state index contributed by atoms with van der Waals surface area (Å²) in [6.45, 7) is -0.408. The number of hydrogen-bond donors (Lipinski definition) is 1. The summed E-state index contributed by atoms with van der Waals surface area (Å²) in [4.78, 5) is 11.7. The molecule has 1 N–H and O–H groups in total. The van der Waals surface area contributed by atoms with E-state index < -0.39 is 25.0 Å². The molecular formula is C13H13F3N2O. The van der Waals surface area contributed by atoms with E-state index in [0.717, 1.165) is 10.9 Å². The fraction of sp³-hybridized carbons (Fsp3) is 0.308. The van der Waals surface area contributed by atoms with Gasteiger partial charge >= 0.3 is 6.18 Å². The van der Waals surface area contributed by atoms with Crippen LogP contribution in [0.2, 0.25) is 0 Å². The number of carbonyl (C=O) groups excluding carboxylic acids is 1. The number of nitrogens with zero attached hydrogens (tertiary/aromatic N) is 1. The molecule has 2 aromatic rings. The molecule has 0 aliphatic rings. The van der Waals surface area contributed by atoms with Crippen LogP contribution in [0.1, 0.15) is 16.8 Å². The van der Waals surface area contributed by atoms with E-state index in [0.29, 0.717) is 5.56 Å². The van der Waals surface area contributed by atoms with Crippen LogP contribution in [0.5, 0.6) is 0 Å². The SMILES string of the molecule is Cn1ccc2cc(C(=O)NCCC(F)(F)F)ccc21. The number of alkyl halides is 3. The van der Waals surface area contributed by atoms with Gasteiger partial charge in [-0.15, -0.1) is 0 Å². The monoisotopic (exact) mass is 270 g/mol. The van der Waals surface area contributed by atoms with Crippen molar-refractivity contribution < 1.29 is 18.0 Å². The predicted octanol–water partition coefficient (Wildman–Crippen LogP) is 2.86. The van der Waals surface area contributed by atoms with Crippen LogP contribution in [0.4, 0.5) is 13.2 Å². The van der Waals surface area contributed by atoms with Gasteiger partial charge in [-0.2, -0.15) is 13.2 Å². The van der Waals surface area contributed by atoms with Gasteiger partial charge in [0.05, 0.1) is 6.42 Å². The Bertz CT molecular complexity index is 601. The van der Waals surface area contributed by atoms with E-state index in [1.54, 1.807) is 18.2 Å². The molecule has 1 aromatic carbocycles. The number of fused-ring (bicyclic) bond motifs is 1. The van der Waals surface area contributed by atoms with E-state index in [1.807, 2.05) is 23.9 Å². The van der Waals surface area contributed by atoms with Gasteiger partial charge in [0.25, 0.3) is 5.91 Å². The van der Waals surface area contributed by atoms with Crippen LogP contribution in [0.15, 0.2) is 30.5 Å². The summed E-state index contributed by atoms with van der Waals surface area (Å²) in [6, 6.07) is 6.89. The molecule has 2 rings (SSSR count). The summed E-state index contributed by atoms with van der Waals surface area (Å²) < 4.78 is 37.8. The lowest BCUT2D eigenvalue weighted by molar-refractivity contribution is -0.132. The van der Waals surface area contributed by atoms with Gasteiger partial charge in [-0.25, -0.2) is 0 Å². The first-order valence-electron chi connectivity index (χ1n) is 5.77. The molecule has 1 aromatic heterocycles. The van der Waals surface area contributed by atoms with Crippen molar-refractivity contribution in [1.29, 1.82) is 0 Å². The van der Waals surface area contributed by atoms with Crippen LogP contribution in [-0.4, -0.2) is 23.2 Å². The maximum Gasteiger partial charge on any atom is 0.390 e. The van der Waals surface area contributed by atoms with Crippen LogP contribution in [0.25, 0.3) is 10.9 Å². The molecule has 6 heteroatoms. The van der Waals surface area contributed by atoms with Crippen LogP contribution < -0.4 is 5.32 Å². The highest BCUT2D eigenvalue weighted by molar-refractivity contribution is 5.98. The maximum atomic E-state index is 12.0. The Morgan fingerprint density at radius 3 is 2.74 bits per heavy atom. The average Bonchev–Trinajstić information content (AvgIpc) is 2.69. The smallest absolute Gasteiger partial charge is 0.352 e. The van der Waals surface area contributed by atoms with Gasteiger partial charge in [-0.05, 0) is 24.3 Å². The van der Waals surface area contributed by atoms with E-state index in [9.17, 15) is 18.0 Å². The van der Waals surface area contributed by atoms with Crippen molar-refractivity contribution in [2.75, 3.05) is 6.54 Å². The molecular weight excluding hydrogens is 257 g/mol. The molecule has 1 amide bonds. The number of carbonyl (C=O) groups is 1. The molecule has 0 atom stereocenters. The second-order valence-electron chi connectivity index (χ2n) is 4.32. The van der Waals surface area contributed by atoms with Crippen molar-refractivity contribution in [3.05, 3.63) is 36.0 Å². The largest absolute Gasteiger partial charge is 0.390 e. The lowest BCUT2D eigenvalue weighted by atomic mass is 10.1. The third kappa shape index (κ3) is 3.27. The Morgan fingerprint density at radius 1 is 1.32 bits per heavy atom. The minimum atomic E-state index is -4.25. The summed E-state index contributed by atoms with van der Waals surface area (Å²) in [7, 11) is 1.88. The van der Waals surface area contributed by atoms with Crippen LogP contribution in [0, 0.1) is 0 Å². The Kier molecular flexibility index (Phi) is 3.50. The molecule has 0 aliphatic heterocycles. The van der Waals surface area contributed by atoms with Crippen molar-refractivity contribution in [2.45, 2.75) is 12.6 Å². The number of hydrogen-bond acceptors (Lipinski definition) is 1. The molecule has 0 spiro atoms. The summed E-state index contributed by atoms with van der Waals surface area (Å²) >= 11 is 0. The van der Waals surface area contributed by atoms with Gasteiger partial charge in [0.2, 0.25) is 0 Å². The Morgan fingerprint density at radius 2 is 2.05 bits per heavy atom. The average molecular weight is 270 g/mol. The quantitative estimate of drug-likeness (QED) is 0.914. The Labute approximate surface area is 108 Å². The normalized spacial score (nSPS) is 11.8. The van der Waals surface area contributed by atoms with Crippen molar-refractivity contribution in [1.82, 2.24) is 9.88 Å². The third-order valence-corrected chi connectivity index (χ3v) is 2.84. The van der Waals surface area contributed by atoms with Gasteiger partial charge in [0, 0.05) is 36.3 Å². The van der Waals surface area contributed by atoms with Crippen molar-refractivity contribution in [3.8, 4) is 0 Å². The molecule has 19 heavy (non-hydrogen) atoms. The van der Waals surface area contributed by atoms with E-state index in [2.05, 4.69) is 5.32 Å². The minimum absolute atomic E-state index is 0.362. The zero-order chi connectivity index (χ0) is 14.0. The topological polar surface area (TPSA) is 34.0 Å². The molecule has 0 fully saturated rings. The summed E-state index contributed by atoms with van der Waals surface area (Å²) in [6.07, 6.45) is -3.42. The van der Waals surface area contributed by atoms with Crippen molar-refractivity contribution in [3.63, 3.8) is 0 Å². The fourth-order valence-corrected chi connectivity index (χ4v) is 1.84. The summed E-state index contributed by atoms with van der Waals surface area (Å²) in [5.41, 5.74) is 1.33. The highest BCUT2D eigenvalue weighted by atomic mass is 19.4. The summed E-state index contributed by atoms with van der Waals surface area (Å²) in [5.74, 6) is -0.491. The number of nitrogens with one attached hydrogen (secondary N) is 1. The second-order valence-corrected chi connectivity index (χ2v) is 4.32. The van der Waals surface area contributed by atoms with E-state index in [4.69, 9.17) is 0 Å². The van der Waals surface area contributed by atoms with E-state index in [1.165, 1.54) is 0 Å². The maximum absolute atomic E-state index is 12.0. The third-order valence-electron chi connectivity index (χ3n) is 2.84. The first-order chi connectivity index (χ1) is 8.87. The molecule has 0 saturated heterocycles. The number of rotatable bonds is 3. The fourth-order valence-electron chi connectivity index (χ4n) is 1.84. The molecule has 0 saturated carbocycles.